The van der Waals surface area contributed by atoms with Crippen LogP contribution in [-0.4, -0.2) is 29.4 Å². The molecule has 3 aromatic rings. The van der Waals surface area contributed by atoms with E-state index in [1.165, 1.54) is 11.8 Å². The molecule has 2 aromatic carbocycles. The van der Waals surface area contributed by atoms with Crippen molar-refractivity contribution in [2.24, 2.45) is 5.10 Å². The first kappa shape index (κ1) is 17.4. The van der Waals surface area contributed by atoms with Crippen molar-refractivity contribution in [2.45, 2.75) is 13.3 Å². The summed E-state index contributed by atoms with van der Waals surface area (Å²) in [5, 5.41) is 10.9. The number of carbonyl (C=O) groups excluding carboxylic acids is 1. The summed E-state index contributed by atoms with van der Waals surface area (Å²) in [4.78, 5) is 12.2. The van der Waals surface area contributed by atoms with E-state index >= 15 is 0 Å². The number of nitrogens with zero attached hydrogens (tertiary/aromatic N) is 2. The van der Waals surface area contributed by atoms with Crippen molar-refractivity contribution in [1.29, 1.82) is 0 Å². The van der Waals surface area contributed by atoms with Gasteiger partial charge in [-0.25, -0.2) is 5.43 Å². The van der Waals surface area contributed by atoms with Gasteiger partial charge in [0.15, 0.2) is 0 Å². The van der Waals surface area contributed by atoms with Crippen LogP contribution in [0.4, 0.5) is 0 Å². The number of hydrazone groups is 1. The minimum atomic E-state index is -0.361. The molecule has 0 atom stereocenters. The predicted molar refractivity (Wildman–Crippen MR) is 101 cm³/mol. The number of H-pyrrole nitrogens is 1. The summed E-state index contributed by atoms with van der Waals surface area (Å²) >= 11 is 0. The highest BCUT2D eigenvalue weighted by atomic mass is 16.5. The Morgan fingerprint density at radius 3 is 2.73 bits per heavy atom. The highest BCUT2D eigenvalue weighted by Gasteiger charge is 2.10. The zero-order valence-corrected chi connectivity index (χ0v) is 14.7. The molecule has 0 fully saturated rings. The highest BCUT2D eigenvalue weighted by Crippen LogP contribution is 2.18. The second-order valence-electron chi connectivity index (χ2n) is 5.66. The number of aromatic amines is 1. The number of ether oxygens (including phenoxy) is 1. The molecule has 1 heterocycles. The van der Waals surface area contributed by atoms with Gasteiger partial charge in [-0.3, -0.25) is 9.89 Å². The molecule has 0 bridgehead atoms. The maximum Gasteiger partial charge on any atom is 0.289 e. The van der Waals surface area contributed by atoms with Crippen LogP contribution in [0.25, 0.3) is 11.3 Å². The molecule has 0 saturated heterocycles. The Kier molecular flexibility index (Phi) is 5.43. The van der Waals surface area contributed by atoms with E-state index in [0.29, 0.717) is 17.1 Å². The van der Waals surface area contributed by atoms with Crippen LogP contribution in [0.15, 0.2) is 59.7 Å². The van der Waals surface area contributed by atoms with Crippen molar-refractivity contribution in [3.05, 3.63) is 71.4 Å². The van der Waals surface area contributed by atoms with E-state index in [1.807, 2.05) is 36.4 Å². The van der Waals surface area contributed by atoms with Crippen LogP contribution in [0.5, 0.6) is 5.75 Å². The molecule has 3 rings (SSSR count). The maximum absolute atomic E-state index is 12.2. The minimum absolute atomic E-state index is 0.344. The van der Waals surface area contributed by atoms with E-state index in [2.05, 4.69) is 39.8 Å². The third-order valence-corrected chi connectivity index (χ3v) is 3.99. The van der Waals surface area contributed by atoms with E-state index in [4.69, 9.17) is 4.74 Å². The highest BCUT2D eigenvalue weighted by molar-refractivity contribution is 5.94. The largest absolute Gasteiger partial charge is 0.496 e. The van der Waals surface area contributed by atoms with Crippen LogP contribution in [0.1, 0.15) is 28.5 Å². The van der Waals surface area contributed by atoms with Gasteiger partial charge in [0.2, 0.25) is 0 Å². The van der Waals surface area contributed by atoms with Crippen LogP contribution >= 0.6 is 0 Å². The molecule has 26 heavy (non-hydrogen) atoms. The van der Waals surface area contributed by atoms with Gasteiger partial charge in [-0.2, -0.15) is 10.2 Å². The molecular formula is C20H20N4O2. The molecule has 0 saturated carbocycles. The number of benzene rings is 2. The Labute approximate surface area is 151 Å². The fraction of sp³-hybridized carbons (Fsp3) is 0.150. The first-order chi connectivity index (χ1) is 12.7. The van der Waals surface area contributed by atoms with Crippen molar-refractivity contribution in [3.63, 3.8) is 0 Å². The molecule has 1 aromatic heterocycles. The van der Waals surface area contributed by atoms with Crippen LogP contribution < -0.4 is 10.2 Å². The van der Waals surface area contributed by atoms with Gasteiger partial charge in [0, 0.05) is 11.1 Å². The predicted octanol–water partition coefficient (Wildman–Crippen LogP) is 3.41. The zero-order valence-electron chi connectivity index (χ0n) is 14.7. The average Bonchev–Trinajstić information content (AvgIpc) is 3.18. The molecule has 0 aliphatic carbocycles. The normalized spacial score (nSPS) is 10.8. The standard InChI is InChI=1S/C20H20N4O2/c1-3-14-8-10-15(11-9-14)17-12-18(23-22-17)20(25)24-21-13-16-6-4-5-7-19(16)26-2/h4-13H,3H2,1-2H3,(H,22,23)(H,24,25). The maximum atomic E-state index is 12.2. The van der Waals surface area contributed by atoms with Gasteiger partial charge in [-0.1, -0.05) is 43.3 Å². The second-order valence-corrected chi connectivity index (χ2v) is 5.66. The number of nitrogens with one attached hydrogen (secondary N) is 2. The molecule has 0 spiro atoms. The molecule has 6 nitrogen and oxygen atoms in total. The van der Waals surface area contributed by atoms with Crippen molar-refractivity contribution in [1.82, 2.24) is 15.6 Å². The summed E-state index contributed by atoms with van der Waals surface area (Å²) in [5.41, 5.74) is 6.53. The van der Waals surface area contributed by atoms with E-state index in [1.54, 1.807) is 13.2 Å². The van der Waals surface area contributed by atoms with Crippen molar-refractivity contribution < 1.29 is 9.53 Å². The lowest BCUT2D eigenvalue weighted by molar-refractivity contribution is 0.0950. The monoisotopic (exact) mass is 348 g/mol. The fourth-order valence-corrected chi connectivity index (χ4v) is 2.49. The number of para-hydroxylation sites is 1. The van der Waals surface area contributed by atoms with Crippen LogP contribution in [0, 0.1) is 0 Å². The SMILES string of the molecule is CCc1ccc(-c2cc(C(=O)NN=Cc3ccccc3OC)[nH]n2)cc1. The molecule has 1 amide bonds. The molecule has 0 aliphatic rings. The summed E-state index contributed by atoms with van der Waals surface area (Å²) in [6.45, 7) is 2.11. The Morgan fingerprint density at radius 2 is 2.00 bits per heavy atom. The number of aryl methyl sites for hydroxylation is 1. The number of hydrogen-bond donors (Lipinski definition) is 2. The first-order valence-corrected chi connectivity index (χ1v) is 8.32. The Morgan fingerprint density at radius 1 is 1.23 bits per heavy atom. The third kappa shape index (κ3) is 3.97. The van der Waals surface area contributed by atoms with Gasteiger partial charge in [0.25, 0.3) is 5.91 Å². The lowest BCUT2D eigenvalue weighted by Gasteiger charge is -2.02. The topological polar surface area (TPSA) is 79.4 Å². The summed E-state index contributed by atoms with van der Waals surface area (Å²) in [5.74, 6) is 0.324. The first-order valence-electron chi connectivity index (χ1n) is 8.32. The summed E-state index contributed by atoms with van der Waals surface area (Å²) < 4.78 is 5.24. The summed E-state index contributed by atoms with van der Waals surface area (Å²) in [6, 6.07) is 17.2. The molecule has 132 valence electrons. The van der Waals surface area contributed by atoms with E-state index in [-0.39, 0.29) is 5.91 Å². The fourth-order valence-electron chi connectivity index (χ4n) is 2.49. The second kappa shape index (κ2) is 8.11. The van der Waals surface area contributed by atoms with Crippen molar-refractivity contribution in [2.75, 3.05) is 7.11 Å². The number of methoxy groups -OCH3 is 1. The number of carbonyl (C=O) groups is 1. The van der Waals surface area contributed by atoms with Crippen LogP contribution in [0.2, 0.25) is 0 Å². The van der Waals surface area contributed by atoms with Gasteiger partial charge >= 0.3 is 0 Å². The average molecular weight is 348 g/mol. The summed E-state index contributed by atoms with van der Waals surface area (Å²) in [6.07, 6.45) is 2.52. The van der Waals surface area contributed by atoms with Crippen LogP contribution in [-0.2, 0) is 6.42 Å². The minimum Gasteiger partial charge on any atom is -0.496 e. The van der Waals surface area contributed by atoms with Gasteiger partial charge in [0.1, 0.15) is 11.4 Å². The van der Waals surface area contributed by atoms with Gasteiger partial charge < -0.3 is 4.74 Å². The molecule has 0 unspecified atom stereocenters. The van der Waals surface area contributed by atoms with Gasteiger partial charge in [-0.05, 0) is 30.2 Å². The quantitative estimate of drug-likeness (QED) is 0.529. The zero-order chi connectivity index (χ0) is 18.4. The smallest absolute Gasteiger partial charge is 0.289 e. The Balaban J connectivity index is 1.67. The molecule has 2 N–H and O–H groups in total. The Bertz CT molecular complexity index is 914. The molecular weight excluding hydrogens is 328 g/mol. The third-order valence-electron chi connectivity index (χ3n) is 3.99. The molecule has 0 aliphatic heterocycles. The number of rotatable bonds is 6. The van der Waals surface area contributed by atoms with Gasteiger partial charge in [0.05, 0.1) is 19.0 Å². The van der Waals surface area contributed by atoms with E-state index in [9.17, 15) is 4.79 Å². The number of amides is 1. The van der Waals surface area contributed by atoms with E-state index in [0.717, 1.165) is 17.5 Å². The van der Waals surface area contributed by atoms with Gasteiger partial charge in [-0.15, -0.1) is 0 Å². The number of hydrogen-bond acceptors (Lipinski definition) is 4. The van der Waals surface area contributed by atoms with Crippen molar-refractivity contribution >= 4 is 12.1 Å². The lowest BCUT2D eigenvalue weighted by atomic mass is 10.1. The van der Waals surface area contributed by atoms with E-state index < -0.39 is 0 Å². The number of aromatic nitrogens is 2. The lowest BCUT2D eigenvalue weighted by Crippen LogP contribution is -2.18. The molecule has 6 heteroatoms. The summed E-state index contributed by atoms with van der Waals surface area (Å²) in [7, 11) is 1.59. The van der Waals surface area contributed by atoms with Crippen molar-refractivity contribution in [3.8, 4) is 17.0 Å². The van der Waals surface area contributed by atoms with Crippen LogP contribution in [0.3, 0.4) is 0 Å². The Hall–Kier alpha value is -3.41. The molecule has 0 radical (unpaired) electrons.